The summed E-state index contributed by atoms with van der Waals surface area (Å²) >= 11 is 0. The molecule has 1 fully saturated rings. The Morgan fingerprint density at radius 1 is 1.37 bits per heavy atom. The van der Waals surface area contributed by atoms with Crippen LogP contribution in [0, 0.1) is 5.92 Å². The zero-order chi connectivity index (χ0) is 13.2. The average Bonchev–Trinajstić information content (AvgIpc) is 2.81. The quantitative estimate of drug-likeness (QED) is 0.887. The molecule has 0 amide bonds. The molecule has 3 heteroatoms. The Morgan fingerprint density at radius 3 is 3.05 bits per heavy atom. The Balaban J connectivity index is 1.77. The van der Waals surface area contributed by atoms with Gasteiger partial charge in [-0.1, -0.05) is 26.7 Å². The molecule has 1 aliphatic rings. The number of anilines is 1. The minimum Gasteiger partial charge on any atom is -0.441 e. The van der Waals surface area contributed by atoms with E-state index in [1.54, 1.807) is 0 Å². The third-order valence-corrected chi connectivity index (χ3v) is 4.04. The van der Waals surface area contributed by atoms with Crippen LogP contribution in [0.1, 0.15) is 45.4 Å². The molecule has 0 aliphatic heterocycles. The van der Waals surface area contributed by atoms with Crippen LogP contribution in [0.25, 0.3) is 11.1 Å². The molecule has 0 spiro atoms. The van der Waals surface area contributed by atoms with Crippen LogP contribution < -0.4 is 5.32 Å². The lowest BCUT2D eigenvalue weighted by atomic mass is 9.87. The van der Waals surface area contributed by atoms with E-state index in [4.69, 9.17) is 4.42 Å². The Hall–Kier alpha value is -1.51. The second-order valence-corrected chi connectivity index (χ2v) is 5.76. The summed E-state index contributed by atoms with van der Waals surface area (Å²) in [7, 11) is 0. The summed E-state index contributed by atoms with van der Waals surface area (Å²) in [6.45, 7) is 4.41. The van der Waals surface area contributed by atoms with Crippen LogP contribution in [-0.4, -0.2) is 11.0 Å². The normalized spacial score (nSPS) is 23.7. The van der Waals surface area contributed by atoms with Crippen LogP contribution in [-0.2, 0) is 6.42 Å². The van der Waals surface area contributed by atoms with Crippen LogP contribution in [0.2, 0.25) is 0 Å². The van der Waals surface area contributed by atoms with Gasteiger partial charge < -0.3 is 9.73 Å². The zero-order valence-corrected chi connectivity index (χ0v) is 11.8. The number of fused-ring (bicyclic) bond motifs is 1. The van der Waals surface area contributed by atoms with Gasteiger partial charge in [0.15, 0.2) is 11.5 Å². The molecule has 1 heterocycles. The predicted molar refractivity (Wildman–Crippen MR) is 78.4 cm³/mol. The number of nitrogens with zero attached hydrogens (tertiary/aromatic N) is 1. The van der Waals surface area contributed by atoms with Crippen molar-refractivity contribution in [1.82, 2.24) is 4.98 Å². The Kier molecular flexibility index (Phi) is 3.45. The highest BCUT2D eigenvalue weighted by atomic mass is 16.3. The smallest absolute Gasteiger partial charge is 0.195 e. The molecule has 1 N–H and O–H groups in total. The highest BCUT2D eigenvalue weighted by Crippen LogP contribution is 2.27. The summed E-state index contributed by atoms with van der Waals surface area (Å²) in [6.07, 6.45) is 6.11. The van der Waals surface area contributed by atoms with E-state index < -0.39 is 0 Å². The summed E-state index contributed by atoms with van der Waals surface area (Å²) < 4.78 is 5.64. The van der Waals surface area contributed by atoms with Crippen LogP contribution in [0.3, 0.4) is 0 Å². The van der Waals surface area contributed by atoms with E-state index >= 15 is 0 Å². The van der Waals surface area contributed by atoms with E-state index in [2.05, 4.69) is 36.3 Å². The van der Waals surface area contributed by atoms with Crippen LogP contribution in [0.5, 0.6) is 0 Å². The molecule has 102 valence electrons. The zero-order valence-electron chi connectivity index (χ0n) is 11.8. The number of hydrogen-bond acceptors (Lipinski definition) is 3. The number of aromatic nitrogens is 1. The number of rotatable bonds is 3. The second kappa shape index (κ2) is 5.24. The van der Waals surface area contributed by atoms with Gasteiger partial charge in [0.1, 0.15) is 5.52 Å². The lowest BCUT2D eigenvalue weighted by Crippen LogP contribution is -2.26. The van der Waals surface area contributed by atoms with Crippen molar-refractivity contribution in [2.45, 2.75) is 52.0 Å². The molecule has 2 atom stereocenters. The van der Waals surface area contributed by atoms with Crippen molar-refractivity contribution in [3.05, 3.63) is 24.1 Å². The van der Waals surface area contributed by atoms with E-state index in [0.717, 1.165) is 29.3 Å². The summed E-state index contributed by atoms with van der Waals surface area (Å²) in [5.74, 6) is 1.66. The van der Waals surface area contributed by atoms with Gasteiger partial charge in [-0.05, 0) is 37.0 Å². The van der Waals surface area contributed by atoms with E-state index in [-0.39, 0.29) is 0 Å². The lowest BCUT2D eigenvalue weighted by Gasteiger charge is -2.28. The fourth-order valence-electron chi connectivity index (χ4n) is 3.02. The molecule has 1 aromatic carbocycles. The van der Waals surface area contributed by atoms with Gasteiger partial charge in [-0.15, -0.1) is 0 Å². The number of nitrogens with one attached hydrogen (secondary N) is 1. The molecule has 1 aliphatic carbocycles. The molecule has 1 saturated carbocycles. The minimum absolute atomic E-state index is 0.610. The molecule has 2 unspecified atom stereocenters. The molecule has 0 bridgehead atoms. The summed E-state index contributed by atoms with van der Waals surface area (Å²) in [5.41, 5.74) is 3.02. The molecule has 0 radical (unpaired) electrons. The topological polar surface area (TPSA) is 38.1 Å². The maximum atomic E-state index is 5.64. The van der Waals surface area contributed by atoms with Gasteiger partial charge in [-0.3, -0.25) is 0 Å². The first kappa shape index (κ1) is 12.5. The number of aryl methyl sites for hydroxylation is 1. The molecule has 3 nitrogen and oxygen atoms in total. The third-order valence-electron chi connectivity index (χ3n) is 4.04. The highest BCUT2D eigenvalue weighted by Gasteiger charge is 2.18. The third kappa shape index (κ3) is 2.75. The lowest BCUT2D eigenvalue weighted by molar-refractivity contribution is 0.358. The van der Waals surface area contributed by atoms with E-state index in [9.17, 15) is 0 Å². The number of hydrogen-bond donors (Lipinski definition) is 1. The Bertz CT molecular complexity index is 561. The van der Waals surface area contributed by atoms with Gasteiger partial charge in [-0.2, -0.15) is 0 Å². The van der Waals surface area contributed by atoms with Crippen molar-refractivity contribution in [2.24, 2.45) is 5.92 Å². The molecule has 0 saturated heterocycles. The summed E-state index contributed by atoms with van der Waals surface area (Å²) in [5, 5.41) is 3.65. The van der Waals surface area contributed by atoms with Gasteiger partial charge in [0.25, 0.3) is 0 Å². The molecular weight excluding hydrogens is 236 g/mol. The fourth-order valence-corrected chi connectivity index (χ4v) is 3.02. The maximum absolute atomic E-state index is 5.64. The summed E-state index contributed by atoms with van der Waals surface area (Å²) in [4.78, 5) is 4.49. The van der Waals surface area contributed by atoms with Crippen molar-refractivity contribution in [3.8, 4) is 0 Å². The Labute approximate surface area is 114 Å². The van der Waals surface area contributed by atoms with Crippen LogP contribution >= 0.6 is 0 Å². The second-order valence-electron chi connectivity index (χ2n) is 5.76. The van der Waals surface area contributed by atoms with E-state index in [1.807, 2.05) is 6.07 Å². The predicted octanol–water partition coefficient (Wildman–Crippen LogP) is 4.38. The van der Waals surface area contributed by atoms with Gasteiger partial charge in [-0.25, -0.2) is 4.98 Å². The molecule has 1 aromatic heterocycles. The average molecular weight is 258 g/mol. The standard InChI is InChI=1S/C16H22N2O/c1-3-16-18-14-10-13(7-8-15(14)19-16)17-12-6-4-5-11(2)9-12/h7-8,10-12,17H,3-6,9H2,1-2H3. The highest BCUT2D eigenvalue weighted by molar-refractivity contribution is 5.77. The van der Waals surface area contributed by atoms with Gasteiger partial charge in [0.2, 0.25) is 0 Å². The number of benzene rings is 1. The first-order valence-corrected chi connectivity index (χ1v) is 7.40. The van der Waals surface area contributed by atoms with Crippen molar-refractivity contribution in [2.75, 3.05) is 5.32 Å². The van der Waals surface area contributed by atoms with Crippen LogP contribution in [0.15, 0.2) is 22.6 Å². The van der Waals surface area contributed by atoms with Crippen molar-refractivity contribution < 1.29 is 4.42 Å². The maximum Gasteiger partial charge on any atom is 0.195 e. The first-order chi connectivity index (χ1) is 9.24. The minimum atomic E-state index is 0.610. The molecule has 19 heavy (non-hydrogen) atoms. The Morgan fingerprint density at radius 2 is 2.26 bits per heavy atom. The fraction of sp³-hybridized carbons (Fsp3) is 0.562. The summed E-state index contributed by atoms with van der Waals surface area (Å²) in [6, 6.07) is 6.85. The molecular formula is C16H22N2O. The SMILES string of the molecule is CCc1nc2cc(NC3CCCC(C)C3)ccc2o1. The van der Waals surface area contributed by atoms with Gasteiger partial charge >= 0.3 is 0 Å². The van der Waals surface area contributed by atoms with E-state index in [1.165, 1.54) is 31.4 Å². The largest absolute Gasteiger partial charge is 0.441 e. The van der Waals surface area contributed by atoms with Gasteiger partial charge in [0.05, 0.1) is 0 Å². The molecule has 2 aromatic rings. The van der Waals surface area contributed by atoms with Crippen LogP contribution in [0.4, 0.5) is 5.69 Å². The van der Waals surface area contributed by atoms with Gasteiger partial charge in [0, 0.05) is 18.2 Å². The van der Waals surface area contributed by atoms with Crippen molar-refractivity contribution in [3.63, 3.8) is 0 Å². The monoisotopic (exact) mass is 258 g/mol. The van der Waals surface area contributed by atoms with Crippen molar-refractivity contribution in [1.29, 1.82) is 0 Å². The first-order valence-electron chi connectivity index (χ1n) is 7.40. The van der Waals surface area contributed by atoms with E-state index in [0.29, 0.717) is 6.04 Å². The molecule has 3 rings (SSSR count). The van der Waals surface area contributed by atoms with Crippen molar-refractivity contribution >= 4 is 16.8 Å². The number of oxazole rings is 1.